The van der Waals surface area contributed by atoms with E-state index in [-0.39, 0.29) is 0 Å². The van der Waals surface area contributed by atoms with Gasteiger partial charge < -0.3 is 15.4 Å². The molecular weight excluding hydrogens is 370 g/mol. The first-order valence-corrected chi connectivity index (χ1v) is 10.6. The molecule has 0 aliphatic carbocycles. The lowest BCUT2D eigenvalue weighted by molar-refractivity contribution is -0.0212. The van der Waals surface area contributed by atoms with Gasteiger partial charge in [0.1, 0.15) is 0 Å². The highest BCUT2D eigenvalue weighted by Crippen LogP contribution is 2.16. The van der Waals surface area contributed by atoms with E-state index in [4.69, 9.17) is 4.74 Å². The van der Waals surface area contributed by atoms with Gasteiger partial charge in [0.05, 0.1) is 30.0 Å². The normalized spacial score (nSPS) is 18.3. The van der Waals surface area contributed by atoms with Crippen LogP contribution in [0.15, 0.2) is 29.3 Å². The number of guanidine groups is 1. The van der Waals surface area contributed by atoms with Crippen LogP contribution < -0.4 is 10.6 Å². The molecule has 1 fully saturated rings. The lowest BCUT2D eigenvalue weighted by atomic mass is 10.1. The molecule has 2 aromatic rings. The molecule has 7 heteroatoms. The number of hydrogen-bond acceptors (Lipinski definition) is 5. The van der Waals surface area contributed by atoms with Gasteiger partial charge in [-0.15, -0.1) is 11.3 Å². The van der Waals surface area contributed by atoms with Crippen LogP contribution >= 0.6 is 11.3 Å². The van der Waals surface area contributed by atoms with E-state index in [1.165, 1.54) is 16.0 Å². The Labute approximate surface area is 172 Å². The summed E-state index contributed by atoms with van der Waals surface area (Å²) in [5.74, 6) is 0.804. The zero-order valence-electron chi connectivity index (χ0n) is 17.3. The number of thiazole rings is 1. The molecule has 1 aromatic heterocycles. The maximum atomic E-state index is 5.64. The van der Waals surface area contributed by atoms with Gasteiger partial charge in [0, 0.05) is 38.1 Å². The van der Waals surface area contributed by atoms with Crippen molar-refractivity contribution in [3.63, 3.8) is 0 Å². The van der Waals surface area contributed by atoms with Crippen molar-refractivity contribution in [3.8, 4) is 0 Å². The van der Waals surface area contributed by atoms with Crippen molar-refractivity contribution in [1.82, 2.24) is 20.5 Å². The average Bonchev–Trinajstić information content (AvgIpc) is 2.99. The minimum Gasteiger partial charge on any atom is -0.376 e. The third-order valence-electron chi connectivity index (χ3n) is 4.82. The molecule has 28 heavy (non-hydrogen) atoms. The number of aliphatic imine (C=N–C) groups is 1. The molecule has 1 saturated heterocycles. The van der Waals surface area contributed by atoms with Crippen molar-refractivity contribution in [1.29, 1.82) is 0 Å². The smallest absolute Gasteiger partial charge is 0.191 e. The van der Waals surface area contributed by atoms with E-state index < -0.39 is 0 Å². The predicted octanol–water partition coefficient (Wildman–Crippen LogP) is 2.85. The number of morpholine rings is 1. The van der Waals surface area contributed by atoms with Crippen LogP contribution in [0, 0.1) is 13.8 Å². The number of aromatic nitrogens is 1. The van der Waals surface area contributed by atoms with Crippen LogP contribution in [-0.2, 0) is 24.4 Å². The van der Waals surface area contributed by atoms with E-state index in [1.807, 2.05) is 6.92 Å². The number of aryl methyl sites for hydroxylation is 2. The van der Waals surface area contributed by atoms with Crippen LogP contribution in [0.4, 0.5) is 0 Å². The van der Waals surface area contributed by atoms with Gasteiger partial charge in [0.2, 0.25) is 0 Å². The highest BCUT2D eigenvalue weighted by molar-refractivity contribution is 7.11. The Bertz CT molecular complexity index is 804. The van der Waals surface area contributed by atoms with E-state index in [0.29, 0.717) is 6.10 Å². The molecule has 3 rings (SSSR count). The van der Waals surface area contributed by atoms with Crippen molar-refractivity contribution in [2.75, 3.05) is 26.7 Å². The molecule has 2 heterocycles. The average molecular weight is 402 g/mol. The van der Waals surface area contributed by atoms with Crippen LogP contribution in [0.25, 0.3) is 0 Å². The van der Waals surface area contributed by atoms with Gasteiger partial charge in [-0.05, 0) is 31.9 Å². The Morgan fingerprint density at radius 1 is 1.29 bits per heavy atom. The Hall–Kier alpha value is -1.96. The topological polar surface area (TPSA) is 61.8 Å². The standard InChI is InChI=1S/C21H31N5OS/c1-15-13-26(8-9-27-15)14-19-7-5-6-18(10-19)11-23-21(22-4)24-12-20-16(2)25-17(3)28-20/h5-7,10,15H,8-9,11-14H2,1-4H3,(H2,22,23,24). The van der Waals surface area contributed by atoms with Crippen LogP contribution in [0.1, 0.15) is 33.6 Å². The van der Waals surface area contributed by atoms with E-state index in [9.17, 15) is 0 Å². The zero-order chi connectivity index (χ0) is 19.9. The van der Waals surface area contributed by atoms with E-state index in [0.717, 1.165) is 56.0 Å². The van der Waals surface area contributed by atoms with E-state index in [1.54, 1.807) is 18.4 Å². The number of nitrogens with one attached hydrogen (secondary N) is 2. The molecule has 1 aromatic carbocycles. The Morgan fingerprint density at radius 2 is 2.07 bits per heavy atom. The molecule has 0 saturated carbocycles. The second kappa shape index (κ2) is 10.0. The lowest BCUT2D eigenvalue weighted by Crippen LogP contribution is -2.40. The van der Waals surface area contributed by atoms with Gasteiger partial charge >= 0.3 is 0 Å². The molecule has 0 spiro atoms. The highest BCUT2D eigenvalue weighted by Gasteiger charge is 2.16. The van der Waals surface area contributed by atoms with E-state index >= 15 is 0 Å². The summed E-state index contributed by atoms with van der Waals surface area (Å²) in [5, 5.41) is 7.89. The molecule has 1 aliphatic heterocycles. The van der Waals surface area contributed by atoms with Gasteiger partial charge in [0.25, 0.3) is 0 Å². The summed E-state index contributed by atoms with van der Waals surface area (Å²) in [5.41, 5.74) is 3.69. The molecule has 1 atom stereocenters. The fourth-order valence-electron chi connectivity index (χ4n) is 3.44. The summed E-state index contributed by atoms with van der Waals surface area (Å²) in [6.45, 7) is 11.5. The first-order valence-electron chi connectivity index (χ1n) is 9.82. The van der Waals surface area contributed by atoms with E-state index in [2.05, 4.69) is 63.6 Å². The number of rotatable bonds is 6. The second-order valence-corrected chi connectivity index (χ2v) is 8.55. The lowest BCUT2D eigenvalue weighted by Gasteiger charge is -2.31. The summed E-state index contributed by atoms with van der Waals surface area (Å²) in [6, 6.07) is 8.76. The van der Waals surface area contributed by atoms with Gasteiger partial charge in [0.15, 0.2) is 5.96 Å². The first-order chi connectivity index (χ1) is 13.5. The van der Waals surface area contributed by atoms with Crippen LogP contribution in [0.5, 0.6) is 0 Å². The Balaban J connectivity index is 1.50. The minimum absolute atomic E-state index is 0.318. The number of benzene rings is 1. The number of ether oxygens (including phenoxy) is 1. The quantitative estimate of drug-likeness (QED) is 0.576. The van der Waals surface area contributed by atoms with Gasteiger partial charge in [-0.3, -0.25) is 9.89 Å². The predicted molar refractivity (Wildman–Crippen MR) is 116 cm³/mol. The second-order valence-electron chi connectivity index (χ2n) is 7.26. The molecule has 0 bridgehead atoms. The Morgan fingerprint density at radius 3 is 2.79 bits per heavy atom. The van der Waals surface area contributed by atoms with Gasteiger partial charge in [-0.25, -0.2) is 4.98 Å². The molecule has 0 radical (unpaired) electrons. The third kappa shape index (κ3) is 6.02. The first kappa shape index (κ1) is 20.8. The summed E-state index contributed by atoms with van der Waals surface area (Å²) in [7, 11) is 1.80. The number of hydrogen-bond donors (Lipinski definition) is 2. The van der Waals surface area contributed by atoms with Gasteiger partial charge in [-0.1, -0.05) is 24.3 Å². The van der Waals surface area contributed by atoms with Gasteiger partial charge in [-0.2, -0.15) is 0 Å². The Kier molecular flexibility index (Phi) is 7.42. The van der Waals surface area contributed by atoms with Crippen molar-refractivity contribution in [2.24, 2.45) is 4.99 Å². The monoisotopic (exact) mass is 401 g/mol. The summed E-state index contributed by atoms with van der Waals surface area (Å²) in [6.07, 6.45) is 0.318. The number of nitrogens with zero attached hydrogens (tertiary/aromatic N) is 3. The van der Waals surface area contributed by atoms with Crippen LogP contribution in [0.3, 0.4) is 0 Å². The minimum atomic E-state index is 0.318. The molecule has 6 nitrogen and oxygen atoms in total. The molecule has 152 valence electrons. The molecular formula is C21H31N5OS. The molecule has 0 amide bonds. The summed E-state index contributed by atoms with van der Waals surface area (Å²) in [4.78, 5) is 12.5. The largest absolute Gasteiger partial charge is 0.376 e. The fraction of sp³-hybridized carbons (Fsp3) is 0.524. The molecule has 1 aliphatic rings. The molecule has 2 N–H and O–H groups in total. The van der Waals surface area contributed by atoms with Crippen molar-refractivity contribution < 1.29 is 4.74 Å². The fourth-order valence-corrected chi connectivity index (χ4v) is 4.32. The van der Waals surface area contributed by atoms with Crippen molar-refractivity contribution in [2.45, 2.75) is 46.5 Å². The SMILES string of the molecule is CN=C(NCc1cccc(CN2CCOC(C)C2)c1)NCc1sc(C)nc1C. The maximum Gasteiger partial charge on any atom is 0.191 e. The zero-order valence-corrected chi connectivity index (χ0v) is 18.1. The molecule has 1 unspecified atom stereocenters. The summed E-state index contributed by atoms with van der Waals surface area (Å²) < 4.78 is 5.64. The third-order valence-corrected chi connectivity index (χ3v) is 5.90. The van der Waals surface area contributed by atoms with Crippen molar-refractivity contribution in [3.05, 3.63) is 51.0 Å². The highest BCUT2D eigenvalue weighted by atomic mass is 32.1. The van der Waals surface area contributed by atoms with Crippen molar-refractivity contribution >= 4 is 17.3 Å². The van der Waals surface area contributed by atoms with Crippen LogP contribution in [-0.4, -0.2) is 48.7 Å². The summed E-state index contributed by atoms with van der Waals surface area (Å²) >= 11 is 1.73. The maximum absolute atomic E-state index is 5.64. The van der Waals surface area contributed by atoms with Crippen LogP contribution in [0.2, 0.25) is 0 Å².